The Morgan fingerprint density at radius 2 is 1.90 bits per heavy atom. The highest BCUT2D eigenvalue weighted by Crippen LogP contribution is 2.26. The first-order valence-electron chi connectivity index (χ1n) is 8.77. The number of para-hydroxylation sites is 1. The van der Waals surface area contributed by atoms with Crippen LogP contribution in [0, 0.1) is 21.4 Å². The first-order valence-corrected chi connectivity index (χ1v) is 8.77. The Hall–Kier alpha value is -4.51. The van der Waals surface area contributed by atoms with Gasteiger partial charge >= 0.3 is 0 Å². The van der Waals surface area contributed by atoms with Crippen LogP contribution >= 0.6 is 0 Å². The molecule has 0 fully saturated rings. The number of nitro groups is 1. The quantitative estimate of drug-likeness (QED) is 0.211. The van der Waals surface area contributed by atoms with E-state index in [9.17, 15) is 25.0 Å². The summed E-state index contributed by atoms with van der Waals surface area (Å²) in [6.07, 6.45) is 1.26. The highest BCUT2D eigenvalue weighted by Gasteiger charge is 2.15. The summed E-state index contributed by atoms with van der Waals surface area (Å²) in [5, 5.41) is 22.9. The third kappa shape index (κ3) is 4.48. The molecule has 0 aliphatic rings. The molecule has 148 valence electrons. The highest BCUT2D eigenvalue weighted by atomic mass is 16.6. The van der Waals surface area contributed by atoms with E-state index >= 15 is 0 Å². The van der Waals surface area contributed by atoms with E-state index < -0.39 is 10.8 Å². The van der Waals surface area contributed by atoms with Crippen molar-refractivity contribution >= 4 is 29.1 Å². The molecule has 0 atom stereocenters. The number of amides is 1. The number of Topliss-reactive ketones (excluding diaryl/α,β-unsaturated/α-hetero) is 1. The summed E-state index contributed by atoms with van der Waals surface area (Å²) in [7, 11) is 0. The van der Waals surface area contributed by atoms with Crippen molar-refractivity contribution in [1.29, 1.82) is 5.26 Å². The molecule has 1 N–H and O–H groups in total. The summed E-state index contributed by atoms with van der Waals surface area (Å²) >= 11 is 0. The lowest BCUT2D eigenvalue weighted by molar-refractivity contribution is -0.384. The van der Waals surface area contributed by atoms with Gasteiger partial charge in [-0.15, -0.1) is 0 Å². The van der Waals surface area contributed by atoms with Gasteiger partial charge in [-0.2, -0.15) is 5.26 Å². The molecule has 0 bridgehead atoms. The Balaban J connectivity index is 1.85. The van der Waals surface area contributed by atoms with Crippen molar-refractivity contribution < 1.29 is 18.9 Å². The normalized spacial score (nSPS) is 10.9. The molecule has 0 unspecified atom stereocenters. The van der Waals surface area contributed by atoms with E-state index in [4.69, 9.17) is 4.42 Å². The maximum Gasteiger partial charge on any atom is 0.270 e. The third-order valence-electron chi connectivity index (χ3n) is 4.17. The summed E-state index contributed by atoms with van der Waals surface area (Å²) < 4.78 is 5.61. The standard InChI is InChI=1S/C22H15N3O5/c1-14(26)19-7-2-3-8-20(19)24-22(27)16(13-23)12-18-9-10-21(30-18)15-5-4-6-17(11-15)25(28)29/h2-12H,1H3,(H,24,27)/b16-12-. The number of carbonyl (C=O) groups is 2. The number of anilines is 1. The highest BCUT2D eigenvalue weighted by molar-refractivity contribution is 6.12. The van der Waals surface area contributed by atoms with E-state index in [-0.39, 0.29) is 22.8 Å². The number of benzene rings is 2. The Bertz CT molecular complexity index is 1220. The molecule has 3 aromatic rings. The summed E-state index contributed by atoms with van der Waals surface area (Å²) in [6, 6.07) is 17.3. The minimum absolute atomic E-state index is 0.0813. The number of furan rings is 1. The van der Waals surface area contributed by atoms with Crippen molar-refractivity contribution in [1.82, 2.24) is 0 Å². The molecule has 0 saturated carbocycles. The summed E-state index contributed by atoms with van der Waals surface area (Å²) in [5.41, 5.74) is 0.805. The summed E-state index contributed by atoms with van der Waals surface area (Å²) in [6.45, 7) is 1.38. The zero-order valence-corrected chi connectivity index (χ0v) is 15.8. The van der Waals surface area contributed by atoms with Crippen LogP contribution in [0.25, 0.3) is 17.4 Å². The number of non-ortho nitro benzene ring substituents is 1. The van der Waals surface area contributed by atoms with Crippen LogP contribution in [0.15, 0.2) is 70.7 Å². The van der Waals surface area contributed by atoms with Crippen LogP contribution in [0.2, 0.25) is 0 Å². The zero-order valence-electron chi connectivity index (χ0n) is 15.8. The van der Waals surface area contributed by atoms with Gasteiger partial charge in [0.1, 0.15) is 23.2 Å². The van der Waals surface area contributed by atoms with Gasteiger partial charge in [0.05, 0.1) is 10.6 Å². The Kier molecular flexibility index (Phi) is 5.84. The number of hydrogen-bond donors (Lipinski definition) is 1. The van der Waals surface area contributed by atoms with Crippen molar-refractivity contribution in [3.05, 3.63) is 87.7 Å². The van der Waals surface area contributed by atoms with Gasteiger partial charge in [0.25, 0.3) is 11.6 Å². The molecule has 8 heteroatoms. The number of nitro benzene ring substituents is 1. The van der Waals surface area contributed by atoms with E-state index in [0.29, 0.717) is 22.6 Å². The lowest BCUT2D eigenvalue weighted by Gasteiger charge is -2.08. The van der Waals surface area contributed by atoms with Crippen molar-refractivity contribution in [2.45, 2.75) is 6.92 Å². The second kappa shape index (κ2) is 8.67. The Morgan fingerprint density at radius 1 is 1.13 bits per heavy atom. The zero-order chi connectivity index (χ0) is 21.7. The predicted molar refractivity (Wildman–Crippen MR) is 109 cm³/mol. The number of nitrogens with one attached hydrogen (secondary N) is 1. The van der Waals surface area contributed by atoms with Gasteiger partial charge < -0.3 is 9.73 Å². The molecule has 30 heavy (non-hydrogen) atoms. The van der Waals surface area contributed by atoms with Crippen molar-refractivity contribution in [3.8, 4) is 17.4 Å². The van der Waals surface area contributed by atoms with E-state index in [0.717, 1.165) is 0 Å². The monoisotopic (exact) mass is 401 g/mol. The molecule has 0 radical (unpaired) electrons. The van der Waals surface area contributed by atoms with Crippen LogP contribution in [-0.4, -0.2) is 16.6 Å². The lowest BCUT2D eigenvalue weighted by atomic mass is 10.1. The lowest BCUT2D eigenvalue weighted by Crippen LogP contribution is -2.15. The molecule has 8 nitrogen and oxygen atoms in total. The van der Waals surface area contributed by atoms with Gasteiger partial charge in [0.2, 0.25) is 0 Å². The fourth-order valence-electron chi connectivity index (χ4n) is 2.74. The van der Waals surface area contributed by atoms with E-state index in [1.54, 1.807) is 42.5 Å². The molecule has 0 aliphatic carbocycles. The Labute approximate surface area is 171 Å². The molecule has 1 heterocycles. The minimum Gasteiger partial charge on any atom is -0.457 e. The third-order valence-corrected chi connectivity index (χ3v) is 4.17. The smallest absolute Gasteiger partial charge is 0.270 e. The predicted octanol–water partition coefficient (Wildman–Crippen LogP) is 4.60. The van der Waals surface area contributed by atoms with Crippen LogP contribution in [0.1, 0.15) is 23.0 Å². The van der Waals surface area contributed by atoms with Gasteiger partial charge in [-0.1, -0.05) is 24.3 Å². The van der Waals surface area contributed by atoms with E-state index in [1.165, 1.54) is 31.2 Å². The molecule has 0 aliphatic heterocycles. The largest absolute Gasteiger partial charge is 0.457 e. The SMILES string of the molecule is CC(=O)c1ccccc1NC(=O)/C(C#N)=C\c1ccc(-c2cccc([N+](=O)[O-])c2)o1. The first kappa shape index (κ1) is 20.2. The number of rotatable bonds is 6. The molecular formula is C22H15N3O5. The Morgan fingerprint density at radius 3 is 2.60 bits per heavy atom. The van der Waals surface area contributed by atoms with Crippen LogP contribution in [0.5, 0.6) is 0 Å². The van der Waals surface area contributed by atoms with E-state index in [1.807, 2.05) is 6.07 Å². The van der Waals surface area contributed by atoms with Crippen LogP contribution in [-0.2, 0) is 4.79 Å². The van der Waals surface area contributed by atoms with Crippen molar-refractivity contribution in [2.24, 2.45) is 0 Å². The molecule has 0 spiro atoms. The maximum atomic E-state index is 12.5. The molecule has 0 saturated heterocycles. The summed E-state index contributed by atoms with van der Waals surface area (Å²) in [5.74, 6) is -0.340. The van der Waals surface area contributed by atoms with Gasteiger partial charge in [-0.05, 0) is 31.2 Å². The number of hydrogen-bond acceptors (Lipinski definition) is 6. The summed E-state index contributed by atoms with van der Waals surface area (Å²) in [4.78, 5) is 34.6. The number of nitrogens with zero attached hydrogens (tertiary/aromatic N) is 2. The number of carbonyl (C=O) groups excluding carboxylic acids is 2. The second-order valence-corrected chi connectivity index (χ2v) is 6.24. The van der Waals surface area contributed by atoms with Crippen LogP contribution in [0.4, 0.5) is 11.4 Å². The van der Waals surface area contributed by atoms with Gasteiger partial charge in [0, 0.05) is 29.3 Å². The fraction of sp³-hybridized carbons (Fsp3) is 0.0455. The maximum absolute atomic E-state index is 12.5. The van der Waals surface area contributed by atoms with Gasteiger partial charge in [0.15, 0.2) is 5.78 Å². The first-order chi connectivity index (χ1) is 14.4. The number of nitriles is 1. The van der Waals surface area contributed by atoms with Gasteiger partial charge in [-0.25, -0.2) is 0 Å². The van der Waals surface area contributed by atoms with E-state index in [2.05, 4.69) is 5.32 Å². The van der Waals surface area contributed by atoms with Gasteiger partial charge in [-0.3, -0.25) is 19.7 Å². The van der Waals surface area contributed by atoms with Crippen LogP contribution in [0.3, 0.4) is 0 Å². The van der Waals surface area contributed by atoms with Crippen LogP contribution < -0.4 is 5.32 Å². The molecule has 1 amide bonds. The second-order valence-electron chi connectivity index (χ2n) is 6.24. The van der Waals surface area contributed by atoms with Crippen molar-refractivity contribution in [3.63, 3.8) is 0 Å². The molecule has 3 rings (SSSR count). The average Bonchev–Trinajstić information content (AvgIpc) is 3.21. The molecule has 1 aromatic heterocycles. The topological polar surface area (TPSA) is 126 Å². The molecular weight excluding hydrogens is 386 g/mol. The minimum atomic E-state index is -0.695. The fourth-order valence-corrected chi connectivity index (χ4v) is 2.74. The number of ketones is 1. The van der Waals surface area contributed by atoms with Crippen molar-refractivity contribution in [2.75, 3.05) is 5.32 Å². The molecule has 2 aromatic carbocycles. The average molecular weight is 401 g/mol.